The molecule has 2 amide bonds. The van der Waals surface area contributed by atoms with Crippen LogP contribution in [-0.2, 0) is 23.1 Å². The number of rotatable bonds is 7. The van der Waals surface area contributed by atoms with Gasteiger partial charge in [0.1, 0.15) is 0 Å². The van der Waals surface area contributed by atoms with Crippen molar-refractivity contribution < 1.29 is 9.59 Å². The number of nitrogens with zero attached hydrogens (tertiary/aromatic N) is 3. The third-order valence-electron chi connectivity index (χ3n) is 5.63. The van der Waals surface area contributed by atoms with Gasteiger partial charge in [-0.3, -0.25) is 14.4 Å². The Bertz CT molecular complexity index is 993. The second-order valence-electron chi connectivity index (χ2n) is 8.14. The van der Waals surface area contributed by atoms with Crippen LogP contribution in [0.3, 0.4) is 0 Å². The molecule has 0 unspecified atom stereocenters. The van der Waals surface area contributed by atoms with Gasteiger partial charge in [-0.2, -0.15) is 16.9 Å². The first-order valence-corrected chi connectivity index (χ1v) is 12.0. The number of aryl methyl sites for hydroxylation is 1. The summed E-state index contributed by atoms with van der Waals surface area (Å²) in [4.78, 5) is 39.6. The Morgan fingerprint density at radius 3 is 2.65 bits per heavy atom. The summed E-state index contributed by atoms with van der Waals surface area (Å²) >= 11 is 1.71. The van der Waals surface area contributed by atoms with Crippen molar-refractivity contribution in [3.8, 4) is 0 Å². The van der Waals surface area contributed by atoms with E-state index in [0.29, 0.717) is 36.1 Å². The standard InChI is InChI=1S/C22H31N5O3S/c1-26-13-15(21(29)23-10-11-31-3)8-9-16(14-26)24-20(28)12-19-17-6-4-5-7-18(17)22(30)27(2)25-19/h4-7,15-16H,8-14H2,1-3H3,(H,23,29)(H,24,28)/t15-,16+/m1/s1. The minimum atomic E-state index is -0.174. The fourth-order valence-electron chi connectivity index (χ4n) is 4.10. The van der Waals surface area contributed by atoms with E-state index >= 15 is 0 Å². The topological polar surface area (TPSA) is 96.3 Å². The number of nitrogens with one attached hydrogen (secondary N) is 2. The fourth-order valence-corrected chi connectivity index (χ4v) is 4.41. The van der Waals surface area contributed by atoms with Crippen molar-refractivity contribution in [1.29, 1.82) is 0 Å². The van der Waals surface area contributed by atoms with Crippen LogP contribution in [0.15, 0.2) is 29.1 Å². The molecule has 3 rings (SSSR count). The first-order chi connectivity index (χ1) is 14.9. The molecule has 1 aromatic heterocycles. The van der Waals surface area contributed by atoms with E-state index in [0.717, 1.165) is 18.6 Å². The number of carbonyl (C=O) groups is 2. The van der Waals surface area contributed by atoms with E-state index in [1.165, 1.54) is 4.68 Å². The maximum atomic E-state index is 12.8. The number of aromatic nitrogens is 2. The average molecular weight is 446 g/mol. The molecule has 1 aromatic carbocycles. The minimum absolute atomic E-state index is 0.0275. The van der Waals surface area contributed by atoms with E-state index in [2.05, 4.69) is 20.6 Å². The summed E-state index contributed by atoms with van der Waals surface area (Å²) in [7, 11) is 3.58. The Hall–Kier alpha value is -2.39. The molecule has 1 saturated heterocycles. The summed E-state index contributed by atoms with van der Waals surface area (Å²) in [6.07, 6.45) is 3.61. The first-order valence-electron chi connectivity index (χ1n) is 10.6. The molecule has 8 nitrogen and oxygen atoms in total. The largest absolute Gasteiger partial charge is 0.355 e. The van der Waals surface area contributed by atoms with Crippen molar-refractivity contribution in [2.24, 2.45) is 13.0 Å². The maximum absolute atomic E-state index is 12.8. The number of thioether (sulfide) groups is 1. The molecule has 168 valence electrons. The normalized spacial score (nSPS) is 19.7. The van der Waals surface area contributed by atoms with Crippen molar-refractivity contribution in [2.75, 3.05) is 38.7 Å². The Morgan fingerprint density at radius 1 is 1.16 bits per heavy atom. The number of hydrogen-bond acceptors (Lipinski definition) is 6. The van der Waals surface area contributed by atoms with E-state index in [4.69, 9.17) is 0 Å². The van der Waals surface area contributed by atoms with Crippen molar-refractivity contribution in [3.05, 3.63) is 40.3 Å². The second kappa shape index (κ2) is 10.8. The van der Waals surface area contributed by atoms with Gasteiger partial charge in [0.25, 0.3) is 5.56 Å². The predicted octanol–water partition coefficient (Wildman–Crippen LogP) is 0.782. The van der Waals surface area contributed by atoms with Crippen molar-refractivity contribution in [1.82, 2.24) is 25.3 Å². The van der Waals surface area contributed by atoms with E-state index in [9.17, 15) is 14.4 Å². The molecule has 31 heavy (non-hydrogen) atoms. The first kappa shape index (κ1) is 23.3. The average Bonchev–Trinajstić information content (AvgIpc) is 2.93. The number of fused-ring (bicyclic) bond motifs is 1. The van der Waals surface area contributed by atoms with Gasteiger partial charge in [-0.25, -0.2) is 4.68 Å². The van der Waals surface area contributed by atoms with Crippen LogP contribution in [0.1, 0.15) is 18.5 Å². The number of hydrogen-bond donors (Lipinski definition) is 2. The lowest BCUT2D eigenvalue weighted by Gasteiger charge is -2.22. The maximum Gasteiger partial charge on any atom is 0.274 e. The van der Waals surface area contributed by atoms with E-state index < -0.39 is 0 Å². The molecular formula is C22H31N5O3S. The van der Waals surface area contributed by atoms with Crippen LogP contribution in [0.2, 0.25) is 0 Å². The summed E-state index contributed by atoms with van der Waals surface area (Å²) in [5, 5.41) is 11.7. The van der Waals surface area contributed by atoms with Crippen molar-refractivity contribution in [3.63, 3.8) is 0 Å². The molecule has 0 radical (unpaired) electrons. The second-order valence-corrected chi connectivity index (χ2v) is 9.13. The molecule has 9 heteroatoms. The van der Waals surface area contributed by atoms with E-state index in [-0.39, 0.29) is 35.8 Å². The Labute approximate surface area is 186 Å². The van der Waals surface area contributed by atoms with Crippen LogP contribution >= 0.6 is 11.8 Å². The highest BCUT2D eigenvalue weighted by Gasteiger charge is 2.27. The molecule has 0 spiro atoms. The highest BCUT2D eigenvalue weighted by molar-refractivity contribution is 7.98. The van der Waals surface area contributed by atoms with Gasteiger partial charge in [0.15, 0.2) is 0 Å². The van der Waals surface area contributed by atoms with Gasteiger partial charge in [-0.1, -0.05) is 18.2 Å². The van der Waals surface area contributed by atoms with Gasteiger partial charge in [-0.05, 0) is 32.2 Å². The van der Waals surface area contributed by atoms with Crippen LogP contribution < -0.4 is 16.2 Å². The van der Waals surface area contributed by atoms with Crippen molar-refractivity contribution >= 4 is 34.3 Å². The minimum Gasteiger partial charge on any atom is -0.355 e. The van der Waals surface area contributed by atoms with Crippen LogP contribution in [0, 0.1) is 5.92 Å². The van der Waals surface area contributed by atoms with Gasteiger partial charge >= 0.3 is 0 Å². The quantitative estimate of drug-likeness (QED) is 0.612. The Morgan fingerprint density at radius 2 is 1.90 bits per heavy atom. The molecule has 0 bridgehead atoms. The van der Waals surface area contributed by atoms with Gasteiger partial charge < -0.3 is 15.5 Å². The molecule has 1 aliphatic heterocycles. The van der Waals surface area contributed by atoms with E-state index in [1.807, 2.05) is 31.5 Å². The number of benzene rings is 1. The molecule has 2 heterocycles. The summed E-state index contributed by atoms with van der Waals surface area (Å²) in [6, 6.07) is 7.20. The summed E-state index contributed by atoms with van der Waals surface area (Å²) in [6.45, 7) is 2.06. The zero-order chi connectivity index (χ0) is 22.4. The van der Waals surface area contributed by atoms with E-state index in [1.54, 1.807) is 24.9 Å². The van der Waals surface area contributed by atoms with Crippen molar-refractivity contribution in [2.45, 2.75) is 25.3 Å². The number of likely N-dealkylation sites (N-methyl/N-ethyl adjacent to an activating group) is 1. The molecule has 2 aromatic rings. The molecule has 0 aliphatic carbocycles. The molecule has 1 aliphatic rings. The fraction of sp³-hybridized carbons (Fsp3) is 0.545. The number of carbonyl (C=O) groups excluding carboxylic acids is 2. The Balaban J connectivity index is 1.62. The summed E-state index contributed by atoms with van der Waals surface area (Å²) < 4.78 is 1.28. The lowest BCUT2D eigenvalue weighted by Crippen LogP contribution is -2.42. The highest BCUT2D eigenvalue weighted by Crippen LogP contribution is 2.17. The lowest BCUT2D eigenvalue weighted by atomic mass is 10.0. The molecule has 2 N–H and O–H groups in total. The van der Waals surface area contributed by atoms with Gasteiger partial charge in [-0.15, -0.1) is 0 Å². The van der Waals surface area contributed by atoms with Crippen LogP contribution in [-0.4, -0.2) is 71.2 Å². The number of likely N-dealkylation sites (tertiary alicyclic amines) is 1. The highest BCUT2D eigenvalue weighted by atomic mass is 32.2. The summed E-state index contributed by atoms with van der Waals surface area (Å²) in [5.74, 6) is 0.801. The van der Waals surface area contributed by atoms with Gasteiger partial charge in [0, 0.05) is 43.9 Å². The molecule has 0 saturated carbocycles. The SMILES string of the molecule is CSCCNC(=O)[C@@H]1CC[C@H](NC(=O)Cc2nn(C)c(=O)c3ccccc23)CN(C)C1. The van der Waals surface area contributed by atoms with Gasteiger partial charge in [0.05, 0.1) is 23.4 Å². The van der Waals surface area contributed by atoms with Crippen LogP contribution in [0.25, 0.3) is 10.8 Å². The molecular weight excluding hydrogens is 414 g/mol. The lowest BCUT2D eigenvalue weighted by molar-refractivity contribution is -0.125. The molecule has 2 atom stereocenters. The number of amides is 2. The zero-order valence-corrected chi connectivity index (χ0v) is 19.2. The van der Waals surface area contributed by atoms with Gasteiger partial charge in [0.2, 0.25) is 11.8 Å². The monoisotopic (exact) mass is 445 g/mol. The van der Waals surface area contributed by atoms with Crippen LogP contribution in [0.5, 0.6) is 0 Å². The van der Waals surface area contributed by atoms with Crippen LogP contribution in [0.4, 0.5) is 0 Å². The zero-order valence-electron chi connectivity index (χ0n) is 18.4. The smallest absolute Gasteiger partial charge is 0.274 e. The summed E-state index contributed by atoms with van der Waals surface area (Å²) in [5.41, 5.74) is 0.412. The third kappa shape index (κ3) is 6.07. The Kier molecular flexibility index (Phi) is 8.09. The predicted molar refractivity (Wildman–Crippen MR) is 124 cm³/mol. The third-order valence-corrected chi connectivity index (χ3v) is 6.24. The molecule has 1 fully saturated rings.